The van der Waals surface area contributed by atoms with E-state index in [-0.39, 0.29) is 0 Å². The fourth-order valence-corrected chi connectivity index (χ4v) is 1.56. The van der Waals surface area contributed by atoms with Gasteiger partial charge in [0.05, 0.1) is 11.7 Å². The van der Waals surface area contributed by atoms with Crippen LogP contribution in [-0.2, 0) is 0 Å². The van der Waals surface area contributed by atoms with Gasteiger partial charge in [-0.05, 0) is 12.1 Å². The molecule has 74 valence electrons. The Morgan fingerprint density at radius 3 is 3.13 bits per heavy atom. The van der Waals surface area contributed by atoms with Crippen molar-refractivity contribution in [1.29, 1.82) is 0 Å². The Balaban J connectivity index is 2.11. The van der Waals surface area contributed by atoms with Crippen molar-refractivity contribution >= 4 is 17.1 Å². The Bertz CT molecular complexity index is 539. The number of rotatable bonds is 1. The van der Waals surface area contributed by atoms with Gasteiger partial charge in [-0.2, -0.15) is 9.89 Å². The molecule has 1 aliphatic heterocycles. The number of hydrogen-bond donors (Lipinski definition) is 0. The van der Waals surface area contributed by atoms with Crippen LogP contribution in [0.2, 0.25) is 0 Å². The van der Waals surface area contributed by atoms with Crippen LogP contribution >= 0.6 is 0 Å². The molecule has 0 N–H and O–H groups in total. The Morgan fingerprint density at radius 2 is 2.27 bits per heavy atom. The maximum atomic E-state index is 4.30. The van der Waals surface area contributed by atoms with E-state index in [1.165, 1.54) is 0 Å². The molecule has 2 aromatic heterocycles. The Labute approximate surface area is 86.3 Å². The SMILES string of the molecule is C1=CN(n2ncc3cnccc32)CN=C1. The summed E-state index contributed by atoms with van der Waals surface area (Å²) >= 11 is 0. The molecule has 3 rings (SSSR count). The van der Waals surface area contributed by atoms with Gasteiger partial charge in [0.15, 0.2) is 0 Å². The molecule has 5 heteroatoms. The van der Waals surface area contributed by atoms with Crippen molar-refractivity contribution in [3.63, 3.8) is 0 Å². The van der Waals surface area contributed by atoms with Gasteiger partial charge >= 0.3 is 0 Å². The smallest absolute Gasteiger partial charge is 0.131 e. The zero-order chi connectivity index (χ0) is 10.1. The number of nitrogens with zero attached hydrogens (tertiary/aromatic N) is 5. The summed E-state index contributed by atoms with van der Waals surface area (Å²) in [6, 6.07) is 1.94. The highest BCUT2D eigenvalue weighted by molar-refractivity contribution is 5.78. The first-order valence-electron chi connectivity index (χ1n) is 4.66. The normalized spacial score (nSPS) is 15.1. The molecule has 5 nitrogen and oxygen atoms in total. The second-order valence-electron chi connectivity index (χ2n) is 3.22. The number of aromatic nitrogens is 3. The van der Waals surface area contributed by atoms with Crippen molar-refractivity contribution in [1.82, 2.24) is 14.9 Å². The van der Waals surface area contributed by atoms with Crippen LogP contribution < -0.4 is 5.01 Å². The summed E-state index contributed by atoms with van der Waals surface area (Å²) in [5.41, 5.74) is 1.03. The van der Waals surface area contributed by atoms with Gasteiger partial charge in [0.25, 0.3) is 0 Å². The first-order valence-corrected chi connectivity index (χ1v) is 4.66. The van der Waals surface area contributed by atoms with Crippen molar-refractivity contribution in [2.24, 2.45) is 4.99 Å². The van der Waals surface area contributed by atoms with E-state index in [9.17, 15) is 0 Å². The number of aliphatic imine (C=N–C) groups is 1. The Kier molecular flexibility index (Phi) is 1.74. The summed E-state index contributed by atoms with van der Waals surface area (Å²) in [6.07, 6.45) is 11.0. The highest BCUT2D eigenvalue weighted by atomic mass is 15.7. The van der Waals surface area contributed by atoms with Crippen molar-refractivity contribution in [2.75, 3.05) is 11.7 Å². The molecule has 0 aliphatic carbocycles. The number of allylic oxidation sites excluding steroid dienone is 1. The van der Waals surface area contributed by atoms with Crippen LogP contribution in [-0.4, -0.2) is 27.8 Å². The Morgan fingerprint density at radius 1 is 1.27 bits per heavy atom. The fraction of sp³-hybridized carbons (Fsp3) is 0.100. The molecule has 0 saturated heterocycles. The third-order valence-corrected chi connectivity index (χ3v) is 2.27. The van der Waals surface area contributed by atoms with Crippen LogP contribution in [0.4, 0.5) is 0 Å². The van der Waals surface area contributed by atoms with E-state index in [0.29, 0.717) is 6.67 Å². The van der Waals surface area contributed by atoms with E-state index in [0.717, 1.165) is 10.9 Å². The lowest BCUT2D eigenvalue weighted by molar-refractivity contribution is 0.633. The largest absolute Gasteiger partial charge is 0.270 e. The summed E-state index contributed by atoms with van der Waals surface area (Å²) in [7, 11) is 0. The first-order chi connectivity index (χ1) is 7.45. The van der Waals surface area contributed by atoms with Crippen molar-refractivity contribution in [3.8, 4) is 0 Å². The van der Waals surface area contributed by atoms with Crippen LogP contribution in [0, 0.1) is 0 Å². The average molecular weight is 199 g/mol. The summed E-state index contributed by atoms with van der Waals surface area (Å²) in [6.45, 7) is 0.593. The van der Waals surface area contributed by atoms with E-state index in [2.05, 4.69) is 15.1 Å². The fourth-order valence-electron chi connectivity index (χ4n) is 1.56. The molecule has 0 atom stereocenters. The zero-order valence-corrected chi connectivity index (χ0v) is 7.98. The van der Waals surface area contributed by atoms with E-state index in [1.54, 1.807) is 24.8 Å². The van der Waals surface area contributed by atoms with Crippen molar-refractivity contribution < 1.29 is 0 Å². The lowest BCUT2D eigenvalue weighted by Gasteiger charge is -2.20. The lowest BCUT2D eigenvalue weighted by Crippen LogP contribution is -2.31. The highest BCUT2D eigenvalue weighted by Crippen LogP contribution is 2.12. The molecule has 0 radical (unpaired) electrons. The van der Waals surface area contributed by atoms with E-state index in [1.807, 2.05) is 28.1 Å². The van der Waals surface area contributed by atoms with Crippen LogP contribution in [0.1, 0.15) is 0 Å². The van der Waals surface area contributed by atoms with Gasteiger partial charge in [-0.1, -0.05) is 0 Å². The van der Waals surface area contributed by atoms with Crippen LogP contribution in [0.5, 0.6) is 0 Å². The van der Waals surface area contributed by atoms with Crippen molar-refractivity contribution in [2.45, 2.75) is 0 Å². The number of hydrogen-bond acceptors (Lipinski definition) is 4. The Hall–Kier alpha value is -2.17. The predicted molar refractivity (Wildman–Crippen MR) is 58.2 cm³/mol. The second-order valence-corrected chi connectivity index (χ2v) is 3.22. The average Bonchev–Trinajstić information content (AvgIpc) is 2.74. The number of fused-ring (bicyclic) bond motifs is 1. The highest BCUT2D eigenvalue weighted by Gasteiger charge is 2.08. The van der Waals surface area contributed by atoms with Crippen molar-refractivity contribution in [3.05, 3.63) is 36.9 Å². The third-order valence-electron chi connectivity index (χ3n) is 2.27. The first kappa shape index (κ1) is 8.16. The quantitative estimate of drug-likeness (QED) is 0.686. The maximum absolute atomic E-state index is 4.30. The minimum Gasteiger partial charge on any atom is -0.270 e. The summed E-state index contributed by atoms with van der Waals surface area (Å²) < 4.78 is 0. The molecule has 0 unspecified atom stereocenters. The zero-order valence-electron chi connectivity index (χ0n) is 7.98. The minimum absolute atomic E-state index is 0.593. The monoisotopic (exact) mass is 199 g/mol. The molecule has 1 aliphatic rings. The summed E-state index contributed by atoms with van der Waals surface area (Å²) in [5, 5.41) is 7.26. The molecule has 2 aromatic rings. The van der Waals surface area contributed by atoms with Crippen LogP contribution in [0.3, 0.4) is 0 Å². The number of pyridine rings is 1. The molecule has 0 fully saturated rings. The molecular weight excluding hydrogens is 190 g/mol. The van der Waals surface area contributed by atoms with Gasteiger partial charge in [0.2, 0.25) is 0 Å². The second kappa shape index (κ2) is 3.20. The van der Waals surface area contributed by atoms with Gasteiger partial charge in [-0.3, -0.25) is 15.0 Å². The molecule has 15 heavy (non-hydrogen) atoms. The minimum atomic E-state index is 0.593. The predicted octanol–water partition coefficient (Wildman–Crippen LogP) is 0.925. The molecule has 0 bridgehead atoms. The molecular formula is C10H9N5. The molecule has 0 saturated carbocycles. The van der Waals surface area contributed by atoms with E-state index < -0.39 is 0 Å². The maximum Gasteiger partial charge on any atom is 0.131 e. The van der Waals surface area contributed by atoms with Gasteiger partial charge < -0.3 is 0 Å². The molecule has 0 amide bonds. The summed E-state index contributed by atoms with van der Waals surface area (Å²) in [4.78, 5) is 10.0. The van der Waals surface area contributed by atoms with Gasteiger partial charge in [-0.25, -0.2) is 0 Å². The van der Waals surface area contributed by atoms with E-state index in [4.69, 9.17) is 0 Å². The van der Waals surface area contributed by atoms with Crippen LogP contribution in [0.25, 0.3) is 10.9 Å². The summed E-state index contributed by atoms with van der Waals surface area (Å²) in [5.74, 6) is 0. The topological polar surface area (TPSA) is 46.3 Å². The van der Waals surface area contributed by atoms with E-state index >= 15 is 0 Å². The van der Waals surface area contributed by atoms with Gasteiger partial charge in [0.1, 0.15) is 6.67 Å². The molecule has 0 spiro atoms. The molecule has 0 aromatic carbocycles. The van der Waals surface area contributed by atoms with Crippen LogP contribution in [0.15, 0.2) is 41.9 Å². The third kappa shape index (κ3) is 1.28. The standard InChI is InChI=1S/C10H9N5/c1-3-12-8-14(5-1)15-10-2-4-11-6-9(10)7-13-15/h1-7H,8H2. The molecule has 3 heterocycles. The van der Waals surface area contributed by atoms with Gasteiger partial charge in [0, 0.05) is 30.2 Å². The van der Waals surface area contributed by atoms with Gasteiger partial charge in [-0.15, -0.1) is 0 Å². The lowest BCUT2D eigenvalue weighted by atomic mass is 10.3.